The Labute approximate surface area is 312 Å². The summed E-state index contributed by atoms with van der Waals surface area (Å²) in [7, 11) is -2.41. The number of benzene rings is 2. The maximum Gasteiger partial charge on any atom is 0.264 e. The fraction of sp³-hybridized carbons (Fsp3) is 0.727. The van der Waals surface area contributed by atoms with E-state index in [2.05, 4.69) is 199 Å². The van der Waals surface area contributed by atoms with E-state index in [-0.39, 0.29) is 43.6 Å². The zero-order valence-electron chi connectivity index (χ0n) is 36.9. The number of hydrogen-bond donors (Lipinski definition) is 0. The quantitative estimate of drug-likeness (QED) is 0.293. The highest BCUT2D eigenvalue weighted by atomic mass is 31.3. The minimum atomic E-state index is -1.21. The highest BCUT2D eigenvalue weighted by Crippen LogP contribution is 2.81. The van der Waals surface area contributed by atoms with E-state index in [1.54, 1.807) is 0 Å². The van der Waals surface area contributed by atoms with Gasteiger partial charge in [-0.05, 0) is 85.2 Å². The second-order valence-electron chi connectivity index (χ2n) is 22.9. The maximum absolute atomic E-state index is 7.59. The predicted octanol–water partition coefficient (Wildman–Crippen LogP) is 14.6. The van der Waals surface area contributed by atoms with Gasteiger partial charge in [-0.2, -0.15) is 8.88 Å². The van der Waals surface area contributed by atoms with Crippen molar-refractivity contribution in [3.63, 3.8) is 0 Å². The molecule has 0 atom stereocenters. The molecule has 1 aliphatic rings. The average molecular weight is 727 g/mol. The van der Waals surface area contributed by atoms with E-state index >= 15 is 0 Å². The smallest absolute Gasteiger partial charge is 0.264 e. The summed E-state index contributed by atoms with van der Waals surface area (Å²) in [5.74, 6) is 2.09. The lowest BCUT2D eigenvalue weighted by molar-refractivity contribution is 0.223. The Hall–Kier alpha value is -1.18. The van der Waals surface area contributed by atoms with Gasteiger partial charge in [-0.25, -0.2) is 0 Å². The van der Waals surface area contributed by atoms with Crippen molar-refractivity contribution in [3.05, 3.63) is 57.6 Å². The summed E-state index contributed by atoms with van der Waals surface area (Å²) < 4.78 is 20.3. The van der Waals surface area contributed by atoms with Crippen molar-refractivity contribution >= 4 is 16.9 Å². The van der Waals surface area contributed by atoms with Gasteiger partial charge in [-0.15, -0.1) is 0 Å². The molecule has 1 heterocycles. The summed E-state index contributed by atoms with van der Waals surface area (Å²) in [4.78, 5) is 0. The van der Waals surface area contributed by atoms with Crippen LogP contribution in [0.2, 0.25) is 0 Å². The molecule has 0 radical (unpaired) electrons. The molecule has 0 aromatic heterocycles. The fourth-order valence-corrected chi connectivity index (χ4v) is 11.5. The zero-order valence-corrected chi connectivity index (χ0v) is 38.7. The van der Waals surface area contributed by atoms with Crippen LogP contribution in [0, 0.1) is 0 Å². The summed E-state index contributed by atoms with van der Waals surface area (Å²) >= 11 is 0. The van der Waals surface area contributed by atoms with Gasteiger partial charge in [0.15, 0.2) is 0 Å². The highest BCUT2D eigenvalue weighted by Gasteiger charge is 2.62. The van der Waals surface area contributed by atoms with E-state index in [0.29, 0.717) is 0 Å². The molecule has 50 heavy (non-hydrogen) atoms. The summed E-state index contributed by atoms with van der Waals surface area (Å²) in [5, 5.41) is 0. The molecule has 1 fully saturated rings. The van der Waals surface area contributed by atoms with Gasteiger partial charge in [0.05, 0.1) is 0 Å². The molecule has 284 valence electrons. The van der Waals surface area contributed by atoms with Crippen molar-refractivity contribution < 1.29 is 9.05 Å². The highest BCUT2D eigenvalue weighted by molar-refractivity contribution is 7.78. The van der Waals surface area contributed by atoms with Gasteiger partial charge in [0.25, 0.3) is 16.9 Å². The van der Waals surface area contributed by atoms with Crippen LogP contribution in [0.3, 0.4) is 0 Å². The minimum Gasteiger partial charge on any atom is -0.443 e. The molecule has 0 unspecified atom stereocenters. The van der Waals surface area contributed by atoms with Crippen LogP contribution in [0.25, 0.3) is 0 Å². The van der Waals surface area contributed by atoms with Crippen LogP contribution < -0.4 is 9.05 Å². The molecule has 2 aromatic rings. The molecule has 1 aliphatic heterocycles. The standard InChI is InChI=1S/C44H76N2O2P2/c1-37(2,3)29-25-31(39(7,8)9)35(32(26-29)40(10,11)12)47-49-45(43(19,20)21)50(46(49)44(22,23)24)48-36-33(41(13,14)15)27-30(38(4,5)6)28-34(36)42(16,17)18/h25-28H,1-24H3. The van der Waals surface area contributed by atoms with Crippen LogP contribution in [0.15, 0.2) is 24.3 Å². The van der Waals surface area contributed by atoms with Gasteiger partial charge >= 0.3 is 0 Å². The molecule has 0 N–H and O–H groups in total. The van der Waals surface area contributed by atoms with E-state index in [1.807, 2.05) is 0 Å². The van der Waals surface area contributed by atoms with Crippen LogP contribution >= 0.6 is 16.9 Å². The lowest BCUT2D eigenvalue weighted by atomic mass is 9.75. The van der Waals surface area contributed by atoms with E-state index in [0.717, 1.165) is 11.5 Å². The van der Waals surface area contributed by atoms with Crippen LogP contribution in [-0.4, -0.2) is 20.0 Å². The first kappa shape index (κ1) is 43.2. The Kier molecular flexibility index (Phi) is 11.5. The molecule has 0 spiro atoms. The van der Waals surface area contributed by atoms with Crippen molar-refractivity contribution in [3.8, 4) is 11.5 Å². The van der Waals surface area contributed by atoms with E-state index < -0.39 is 16.9 Å². The first-order valence-corrected chi connectivity index (χ1v) is 21.2. The van der Waals surface area contributed by atoms with Crippen LogP contribution in [0.1, 0.15) is 200 Å². The monoisotopic (exact) mass is 727 g/mol. The number of rotatable bonds is 4. The fourth-order valence-electron chi connectivity index (χ4n) is 6.15. The maximum atomic E-state index is 7.59. The van der Waals surface area contributed by atoms with Gasteiger partial charge < -0.3 is 9.05 Å². The Balaban J connectivity index is 2.36. The normalized spacial score (nSPS) is 19.4. The van der Waals surface area contributed by atoms with Gasteiger partial charge in [-0.3, -0.25) is 0 Å². The van der Waals surface area contributed by atoms with Crippen molar-refractivity contribution in [1.82, 2.24) is 8.88 Å². The van der Waals surface area contributed by atoms with Gasteiger partial charge in [-0.1, -0.05) is 149 Å². The molecule has 0 bridgehead atoms. The van der Waals surface area contributed by atoms with Gasteiger partial charge in [0.1, 0.15) is 11.5 Å². The molecule has 1 saturated heterocycles. The third-order valence-electron chi connectivity index (χ3n) is 9.34. The lowest BCUT2D eigenvalue weighted by Gasteiger charge is -2.61. The van der Waals surface area contributed by atoms with E-state index in [9.17, 15) is 0 Å². The average Bonchev–Trinajstić information content (AvgIpc) is 2.81. The largest absolute Gasteiger partial charge is 0.443 e. The second kappa shape index (κ2) is 13.3. The summed E-state index contributed by atoms with van der Waals surface area (Å²) in [5.41, 5.74) is 7.08. The van der Waals surface area contributed by atoms with Crippen LogP contribution in [0.5, 0.6) is 11.5 Å². The number of hydrogen-bond acceptors (Lipinski definition) is 4. The Morgan fingerprint density at radius 3 is 0.680 bits per heavy atom. The Morgan fingerprint density at radius 1 is 0.340 bits per heavy atom. The lowest BCUT2D eigenvalue weighted by Crippen LogP contribution is -2.55. The van der Waals surface area contributed by atoms with Gasteiger partial charge in [0, 0.05) is 33.3 Å². The second-order valence-corrected chi connectivity index (χ2v) is 26.5. The molecule has 4 nitrogen and oxygen atoms in total. The number of nitrogens with zero attached hydrogens (tertiary/aromatic N) is 2. The SMILES string of the molecule is CC(C)(C)c1cc(C(C)(C)C)c(OP2N(C(C)(C)C)P(Oc3c(C(C)(C)C)cc(C(C)(C)C)cc3C(C)(C)C)N2C(C)(C)C)c(C(C)(C)C)c1. The molecular formula is C44H76N2O2P2. The van der Waals surface area contributed by atoms with Crippen molar-refractivity contribution in [1.29, 1.82) is 0 Å². The minimum absolute atomic E-state index is 0.0233. The zero-order chi connectivity index (χ0) is 39.2. The third-order valence-corrected chi connectivity index (χ3v) is 15.6. The van der Waals surface area contributed by atoms with Crippen molar-refractivity contribution in [2.24, 2.45) is 0 Å². The molecule has 0 aliphatic carbocycles. The molecule has 0 saturated carbocycles. The van der Waals surface area contributed by atoms with E-state index in [1.165, 1.54) is 33.4 Å². The molecular weight excluding hydrogens is 650 g/mol. The van der Waals surface area contributed by atoms with Crippen LogP contribution in [0.4, 0.5) is 0 Å². The molecule has 2 aromatic carbocycles. The first-order valence-electron chi connectivity index (χ1n) is 18.8. The molecule has 3 rings (SSSR count). The molecule has 0 amide bonds. The predicted molar refractivity (Wildman–Crippen MR) is 223 cm³/mol. The van der Waals surface area contributed by atoms with E-state index in [4.69, 9.17) is 9.05 Å². The first-order chi connectivity index (χ1) is 21.9. The Morgan fingerprint density at radius 2 is 0.540 bits per heavy atom. The third kappa shape index (κ3) is 9.30. The van der Waals surface area contributed by atoms with Gasteiger partial charge in [0.2, 0.25) is 0 Å². The van der Waals surface area contributed by atoms with Crippen molar-refractivity contribution in [2.45, 2.75) is 210 Å². The summed E-state index contributed by atoms with van der Waals surface area (Å²) in [6.45, 7) is 55.7. The molecule has 6 heteroatoms. The summed E-state index contributed by atoms with van der Waals surface area (Å²) in [6, 6.07) is 9.68. The topological polar surface area (TPSA) is 24.9 Å². The van der Waals surface area contributed by atoms with Crippen molar-refractivity contribution in [2.75, 3.05) is 0 Å². The summed E-state index contributed by atoms with van der Waals surface area (Å²) in [6.07, 6.45) is 0. The van der Waals surface area contributed by atoms with Crippen LogP contribution in [-0.2, 0) is 32.5 Å². The Bertz CT molecular complexity index is 1340.